The fraction of sp³-hybridized carbons (Fsp3) is 0.125. The molecule has 0 heterocycles. The summed E-state index contributed by atoms with van der Waals surface area (Å²) in [5.74, 6) is 0.388. The predicted molar refractivity (Wildman–Crippen MR) is 89.0 cm³/mol. The van der Waals surface area contributed by atoms with Crippen molar-refractivity contribution in [3.63, 3.8) is 0 Å². The molecule has 5 heteroatoms. The van der Waals surface area contributed by atoms with Crippen LogP contribution in [0.15, 0.2) is 48.5 Å². The maximum atomic E-state index is 12.1. The number of rotatable bonds is 4. The van der Waals surface area contributed by atoms with Crippen LogP contribution in [0.1, 0.15) is 12.5 Å². The van der Waals surface area contributed by atoms with Gasteiger partial charge in [0.25, 0.3) is 5.91 Å². The summed E-state index contributed by atoms with van der Waals surface area (Å²) in [6.07, 6.45) is -0.631. The second-order valence-electron chi connectivity index (χ2n) is 4.40. The van der Waals surface area contributed by atoms with Crippen LogP contribution in [0.2, 0.25) is 0 Å². The third kappa shape index (κ3) is 4.46. The second-order valence-corrected chi connectivity index (χ2v) is 5.64. The first-order chi connectivity index (χ1) is 10.1. The Morgan fingerprint density at radius 3 is 2.76 bits per heavy atom. The normalized spacial score (nSPS) is 11.3. The summed E-state index contributed by atoms with van der Waals surface area (Å²) in [6, 6.07) is 16.3. The monoisotopic (exact) mass is 392 g/mol. The molecular weight excluding hydrogens is 379 g/mol. The molecule has 0 unspecified atom stereocenters. The highest BCUT2D eigenvalue weighted by Gasteiger charge is 2.15. The van der Waals surface area contributed by atoms with Gasteiger partial charge in [0.2, 0.25) is 0 Å². The first-order valence-corrected chi connectivity index (χ1v) is 7.39. The summed E-state index contributed by atoms with van der Waals surface area (Å²) in [4.78, 5) is 12.1. The summed E-state index contributed by atoms with van der Waals surface area (Å²) < 4.78 is 6.65. The molecule has 0 saturated carbocycles. The predicted octanol–water partition coefficient (Wildman–Crippen LogP) is 3.57. The first-order valence-electron chi connectivity index (χ1n) is 6.32. The van der Waals surface area contributed by atoms with E-state index in [4.69, 9.17) is 10.00 Å². The van der Waals surface area contributed by atoms with Gasteiger partial charge in [0.05, 0.1) is 11.6 Å². The zero-order chi connectivity index (χ0) is 15.2. The van der Waals surface area contributed by atoms with E-state index in [1.54, 1.807) is 31.2 Å². The molecular formula is C16H13IN2O2. The van der Waals surface area contributed by atoms with Crippen LogP contribution in [0, 0.1) is 14.9 Å². The standard InChI is InChI=1S/C16H13IN2O2/c1-11(21-15-7-3-5-13(17)9-15)16(20)19-14-6-2-4-12(8-14)10-18/h2-9,11H,1H3,(H,19,20)/t11-/m0/s1. The number of halogens is 1. The minimum atomic E-state index is -0.631. The number of carbonyl (C=O) groups is 1. The van der Waals surface area contributed by atoms with Gasteiger partial charge in [-0.25, -0.2) is 0 Å². The molecule has 106 valence electrons. The lowest BCUT2D eigenvalue weighted by Gasteiger charge is -2.15. The van der Waals surface area contributed by atoms with Crippen LogP contribution in [0.3, 0.4) is 0 Å². The van der Waals surface area contributed by atoms with Crippen molar-refractivity contribution in [1.82, 2.24) is 0 Å². The molecule has 0 saturated heterocycles. The number of hydrogen-bond acceptors (Lipinski definition) is 3. The summed E-state index contributed by atoms with van der Waals surface area (Å²) in [7, 11) is 0. The number of hydrogen-bond donors (Lipinski definition) is 1. The molecule has 0 aliphatic rings. The largest absolute Gasteiger partial charge is 0.481 e. The van der Waals surface area contributed by atoms with E-state index in [0.717, 1.165) is 3.57 Å². The second kappa shape index (κ2) is 7.09. The molecule has 0 aliphatic heterocycles. The van der Waals surface area contributed by atoms with Gasteiger partial charge >= 0.3 is 0 Å². The molecule has 1 N–H and O–H groups in total. The molecule has 2 rings (SSSR count). The van der Waals surface area contributed by atoms with Gasteiger partial charge in [-0.3, -0.25) is 4.79 Å². The van der Waals surface area contributed by atoms with Gasteiger partial charge in [-0.2, -0.15) is 5.26 Å². The topological polar surface area (TPSA) is 62.1 Å². The molecule has 1 amide bonds. The zero-order valence-corrected chi connectivity index (χ0v) is 13.5. The van der Waals surface area contributed by atoms with Gasteiger partial charge in [0.1, 0.15) is 5.75 Å². The van der Waals surface area contributed by atoms with E-state index in [1.165, 1.54) is 0 Å². The van der Waals surface area contributed by atoms with Crippen LogP contribution in [0.5, 0.6) is 5.75 Å². The van der Waals surface area contributed by atoms with E-state index >= 15 is 0 Å². The number of nitrogens with one attached hydrogen (secondary N) is 1. The minimum Gasteiger partial charge on any atom is -0.481 e. The Kier molecular flexibility index (Phi) is 5.17. The molecule has 0 radical (unpaired) electrons. The van der Waals surface area contributed by atoms with Crippen LogP contribution in [-0.4, -0.2) is 12.0 Å². The van der Waals surface area contributed by atoms with Crippen LogP contribution >= 0.6 is 22.6 Å². The Labute approximate surface area is 136 Å². The fourth-order valence-electron chi connectivity index (χ4n) is 1.71. The summed E-state index contributed by atoms with van der Waals surface area (Å²) in [5.41, 5.74) is 1.08. The van der Waals surface area contributed by atoms with Crippen molar-refractivity contribution >= 4 is 34.2 Å². The van der Waals surface area contributed by atoms with Gasteiger partial charge in [-0.05, 0) is 65.9 Å². The molecule has 4 nitrogen and oxygen atoms in total. The number of nitrogens with zero attached hydrogens (tertiary/aromatic N) is 1. The van der Waals surface area contributed by atoms with Gasteiger partial charge in [0, 0.05) is 9.26 Å². The van der Waals surface area contributed by atoms with Gasteiger partial charge in [-0.1, -0.05) is 12.1 Å². The zero-order valence-electron chi connectivity index (χ0n) is 11.3. The number of anilines is 1. The molecule has 0 fully saturated rings. The first kappa shape index (κ1) is 15.3. The highest BCUT2D eigenvalue weighted by molar-refractivity contribution is 14.1. The Balaban J connectivity index is 2.01. The molecule has 0 aliphatic carbocycles. The van der Waals surface area contributed by atoms with Crippen LogP contribution in [-0.2, 0) is 4.79 Å². The lowest BCUT2D eigenvalue weighted by molar-refractivity contribution is -0.122. The quantitative estimate of drug-likeness (QED) is 0.810. The van der Waals surface area contributed by atoms with Crippen LogP contribution in [0.4, 0.5) is 5.69 Å². The Morgan fingerprint density at radius 2 is 2.05 bits per heavy atom. The fourth-order valence-corrected chi connectivity index (χ4v) is 2.22. The molecule has 1 atom stereocenters. The minimum absolute atomic E-state index is 0.260. The van der Waals surface area contributed by atoms with Gasteiger partial charge in [0.15, 0.2) is 6.10 Å². The number of benzene rings is 2. The van der Waals surface area contributed by atoms with E-state index < -0.39 is 6.10 Å². The maximum Gasteiger partial charge on any atom is 0.265 e. The Hall–Kier alpha value is -2.07. The van der Waals surface area contributed by atoms with Crippen molar-refractivity contribution in [2.45, 2.75) is 13.0 Å². The van der Waals surface area contributed by atoms with E-state index in [-0.39, 0.29) is 5.91 Å². The molecule has 2 aromatic carbocycles. The maximum absolute atomic E-state index is 12.1. The lowest BCUT2D eigenvalue weighted by atomic mass is 10.2. The average molecular weight is 392 g/mol. The highest BCUT2D eigenvalue weighted by atomic mass is 127. The molecule has 21 heavy (non-hydrogen) atoms. The Morgan fingerprint density at radius 1 is 1.29 bits per heavy atom. The number of ether oxygens (including phenoxy) is 1. The lowest BCUT2D eigenvalue weighted by Crippen LogP contribution is -2.30. The van der Waals surface area contributed by atoms with Crippen molar-refractivity contribution in [3.05, 3.63) is 57.7 Å². The summed E-state index contributed by atoms with van der Waals surface area (Å²) in [6.45, 7) is 1.68. The smallest absolute Gasteiger partial charge is 0.265 e. The van der Waals surface area contributed by atoms with Crippen molar-refractivity contribution in [2.24, 2.45) is 0 Å². The highest BCUT2D eigenvalue weighted by Crippen LogP contribution is 2.17. The van der Waals surface area contributed by atoms with E-state index in [2.05, 4.69) is 27.9 Å². The van der Waals surface area contributed by atoms with E-state index in [1.807, 2.05) is 30.3 Å². The Bertz CT molecular complexity index is 695. The van der Waals surface area contributed by atoms with E-state index in [9.17, 15) is 4.79 Å². The van der Waals surface area contributed by atoms with Crippen molar-refractivity contribution < 1.29 is 9.53 Å². The molecule has 0 spiro atoms. The number of carbonyl (C=O) groups excluding carboxylic acids is 1. The summed E-state index contributed by atoms with van der Waals surface area (Å²) in [5, 5.41) is 11.6. The SMILES string of the molecule is C[C@H](Oc1cccc(I)c1)C(=O)Nc1cccc(C#N)c1. The van der Waals surface area contributed by atoms with Crippen LogP contribution < -0.4 is 10.1 Å². The average Bonchev–Trinajstić information content (AvgIpc) is 2.47. The van der Waals surface area contributed by atoms with Gasteiger partial charge in [-0.15, -0.1) is 0 Å². The third-order valence-electron chi connectivity index (χ3n) is 2.74. The molecule has 2 aromatic rings. The van der Waals surface area contributed by atoms with Crippen LogP contribution in [0.25, 0.3) is 0 Å². The van der Waals surface area contributed by atoms with Crippen molar-refractivity contribution in [2.75, 3.05) is 5.32 Å². The number of nitriles is 1. The van der Waals surface area contributed by atoms with Crippen molar-refractivity contribution in [1.29, 1.82) is 5.26 Å². The summed E-state index contributed by atoms with van der Waals surface area (Å²) >= 11 is 2.18. The van der Waals surface area contributed by atoms with Crippen molar-refractivity contribution in [3.8, 4) is 11.8 Å². The number of amides is 1. The molecule has 0 aromatic heterocycles. The molecule has 0 bridgehead atoms. The van der Waals surface area contributed by atoms with Gasteiger partial charge < -0.3 is 10.1 Å². The van der Waals surface area contributed by atoms with E-state index in [0.29, 0.717) is 17.0 Å². The third-order valence-corrected chi connectivity index (χ3v) is 3.41.